The van der Waals surface area contributed by atoms with E-state index in [0.29, 0.717) is 16.5 Å². The number of halogens is 3. The van der Waals surface area contributed by atoms with E-state index < -0.39 is 11.9 Å². The molecule has 3 aromatic heterocycles. The zero-order chi connectivity index (χ0) is 17.8. The summed E-state index contributed by atoms with van der Waals surface area (Å²) in [5.74, 6) is 0.0787. The van der Waals surface area contributed by atoms with E-state index in [-0.39, 0.29) is 17.2 Å². The van der Waals surface area contributed by atoms with Gasteiger partial charge in [0.2, 0.25) is 0 Å². The molecule has 0 spiro atoms. The molecule has 0 atom stereocenters. The molecule has 4 aromatic rings. The van der Waals surface area contributed by atoms with Crippen LogP contribution in [0.2, 0.25) is 0 Å². The van der Waals surface area contributed by atoms with Crippen LogP contribution in [0.15, 0.2) is 47.2 Å². The average molecular weight is 347 g/mol. The van der Waals surface area contributed by atoms with Crippen LogP contribution in [0.5, 0.6) is 0 Å². The molecule has 2 N–H and O–H groups in total. The molecule has 0 radical (unpaired) electrons. The van der Waals surface area contributed by atoms with E-state index in [1.165, 1.54) is 23.1 Å². The standard InChI is InChI=1S/C16H12F3N5O/c1-23-6-4-12(21-23)24-15(20)13(14(22-24)16(17,18)19)10-2-3-11-9(8-10)5-7-25-11/h2-8H,20H2,1H3. The van der Waals surface area contributed by atoms with Crippen LogP contribution in [0.4, 0.5) is 19.0 Å². The molecule has 128 valence electrons. The molecule has 4 rings (SSSR count). The maximum Gasteiger partial charge on any atom is 0.435 e. The summed E-state index contributed by atoms with van der Waals surface area (Å²) in [5.41, 5.74) is 5.67. The Hall–Kier alpha value is -3.23. The van der Waals surface area contributed by atoms with Crippen LogP contribution in [-0.4, -0.2) is 19.6 Å². The zero-order valence-corrected chi connectivity index (χ0v) is 12.9. The number of rotatable bonds is 2. The Morgan fingerprint density at radius 2 is 1.92 bits per heavy atom. The highest BCUT2D eigenvalue weighted by Gasteiger charge is 2.39. The number of hydrogen-bond donors (Lipinski definition) is 1. The number of nitrogen functional groups attached to an aromatic ring is 1. The summed E-state index contributed by atoms with van der Waals surface area (Å²) in [6.45, 7) is 0. The lowest BCUT2D eigenvalue weighted by Gasteiger charge is -2.07. The first-order valence-corrected chi connectivity index (χ1v) is 7.28. The molecule has 0 aliphatic carbocycles. The van der Waals surface area contributed by atoms with Crippen LogP contribution >= 0.6 is 0 Å². The molecule has 0 unspecified atom stereocenters. The molecule has 25 heavy (non-hydrogen) atoms. The van der Waals surface area contributed by atoms with Crippen LogP contribution in [0.25, 0.3) is 27.9 Å². The Bertz CT molecular complexity index is 1070. The van der Waals surface area contributed by atoms with Crippen molar-refractivity contribution in [3.8, 4) is 16.9 Å². The Balaban J connectivity index is 1.97. The monoisotopic (exact) mass is 347 g/mol. The fraction of sp³-hybridized carbons (Fsp3) is 0.125. The molecule has 0 fully saturated rings. The largest absolute Gasteiger partial charge is 0.464 e. The van der Waals surface area contributed by atoms with Gasteiger partial charge in [0.25, 0.3) is 0 Å². The van der Waals surface area contributed by atoms with E-state index in [2.05, 4.69) is 10.2 Å². The van der Waals surface area contributed by atoms with Gasteiger partial charge < -0.3 is 10.2 Å². The third-order valence-corrected chi connectivity index (χ3v) is 3.85. The van der Waals surface area contributed by atoms with Crippen LogP contribution in [0.1, 0.15) is 5.69 Å². The topological polar surface area (TPSA) is 74.8 Å². The van der Waals surface area contributed by atoms with E-state index in [9.17, 15) is 13.2 Å². The highest BCUT2D eigenvalue weighted by atomic mass is 19.4. The van der Waals surface area contributed by atoms with E-state index >= 15 is 0 Å². The number of aryl methyl sites for hydroxylation is 1. The van der Waals surface area contributed by atoms with Crippen LogP contribution in [-0.2, 0) is 13.2 Å². The van der Waals surface area contributed by atoms with Crippen molar-refractivity contribution in [2.45, 2.75) is 6.18 Å². The third-order valence-electron chi connectivity index (χ3n) is 3.85. The second kappa shape index (κ2) is 5.13. The fourth-order valence-electron chi connectivity index (χ4n) is 2.73. The molecule has 0 saturated carbocycles. The van der Waals surface area contributed by atoms with Gasteiger partial charge in [0, 0.05) is 24.7 Å². The Morgan fingerprint density at radius 3 is 2.60 bits per heavy atom. The molecule has 1 aromatic carbocycles. The van der Waals surface area contributed by atoms with E-state index in [0.717, 1.165) is 4.68 Å². The van der Waals surface area contributed by atoms with Crippen molar-refractivity contribution in [1.29, 1.82) is 0 Å². The Labute approximate surface area is 139 Å². The first-order valence-electron chi connectivity index (χ1n) is 7.28. The first kappa shape index (κ1) is 15.3. The normalized spacial score (nSPS) is 12.2. The average Bonchev–Trinajstić information content (AvgIpc) is 3.23. The van der Waals surface area contributed by atoms with Gasteiger partial charge in [-0.2, -0.15) is 28.1 Å². The molecule has 0 saturated heterocycles. The second-order valence-electron chi connectivity index (χ2n) is 5.54. The van der Waals surface area contributed by atoms with Gasteiger partial charge in [-0.15, -0.1) is 0 Å². The lowest BCUT2D eigenvalue weighted by atomic mass is 10.0. The molecule has 0 amide bonds. The van der Waals surface area contributed by atoms with Crippen molar-refractivity contribution in [3.63, 3.8) is 0 Å². The number of nitrogens with two attached hydrogens (primary N) is 1. The molecular weight excluding hydrogens is 335 g/mol. The number of alkyl halides is 3. The molecule has 0 bridgehead atoms. The van der Waals surface area contributed by atoms with Gasteiger partial charge >= 0.3 is 6.18 Å². The molecule has 3 heterocycles. The SMILES string of the molecule is Cn1ccc(-n2nc(C(F)(F)F)c(-c3ccc4occc4c3)c2N)n1. The van der Waals surface area contributed by atoms with Crippen molar-refractivity contribution in [2.24, 2.45) is 7.05 Å². The highest BCUT2D eigenvalue weighted by molar-refractivity contribution is 5.87. The predicted molar refractivity (Wildman–Crippen MR) is 85.0 cm³/mol. The van der Waals surface area contributed by atoms with E-state index in [1.807, 2.05) is 0 Å². The van der Waals surface area contributed by atoms with E-state index in [4.69, 9.17) is 10.2 Å². The number of aromatic nitrogens is 4. The highest BCUT2D eigenvalue weighted by Crippen LogP contribution is 2.41. The smallest absolute Gasteiger partial charge is 0.435 e. The quantitative estimate of drug-likeness (QED) is 0.601. The van der Waals surface area contributed by atoms with E-state index in [1.54, 1.807) is 31.4 Å². The summed E-state index contributed by atoms with van der Waals surface area (Å²) in [6, 6.07) is 7.92. The summed E-state index contributed by atoms with van der Waals surface area (Å²) in [5, 5.41) is 8.42. The number of hydrogen-bond acceptors (Lipinski definition) is 4. The predicted octanol–water partition coefficient (Wildman–Crippen LogP) is 3.62. The lowest BCUT2D eigenvalue weighted by molar-refractivity contribution is -0.140. The van der Waals surface area contributed by atoms with Gasteiger partial charge in [0.1, 0.15) is 11.4 Å². The van der Waals surface area contributed by atoms with Crippen LogP contribution < -0.4 is 5.73 Å². The van der Waals surface area contributed by atoms with Gasteiger partial charge in [-0.1, -0.05) is 6.07 Å². The lowest BCUT2D eigenvalue weighted by Crippen LogP contribution is -2.09. The third kappa shape index (κ3) is 2.44. The molecule has 9 heteroatoms. The fourth-order valence-corrected chi connectivity index (χ4v) is 2.73. The molecule has 0 aliphatic rings. The van der Waals surface area contributed by atoms with Crippen molar-refractivity contribution >= 4 is 16.8 Å². The summed E-state index contributed by atoms with van der Waals surface area (Å²) >= 11 is 0. The maximum absolute atomic E-state index is 13.5. The van der Waals surface area contributed by atoms with Gasteiger partial charge in [-0.05, 0) is 23.8 Å². The molecular formula is C16H12F3N5O. The van der Waals surface area contributed by atoms with Crippen molar-refractivity contribution in [1.82, 2.24) is 19.6 Å². The van der Waals surface area contributed by atoms with Gasteiger partial charge in [0.15, 0.2) is 11.5 Å². The minimum Gasteiger partial charge on any atom is -0.464 e. The maximum atomic E-state index is 13.5. The number of furan rings is 1. The Morgan fingerprint density at radius 1 is 1.12 bits per heavy atom. The minimum absolute atomic E-state index is 0.131. The van der Waals surface area contributed by atoms with Gasteiger partial charge in [-0.25, -0.2) is 0 Å². The Kier molecular flexibility index (Phi) is 3.14. The number of benzene rings is 1. The minimum atomic E-state index is -4.66. The summed E-state index contributed by atoms with van der Waals surface area (Å²) < 4.78 is 48.3. The summed E-state index contributed by atoms with van der Waals surface area (Å²) in [4.78, 5) is 0. The first-order chi connectivity index (χ1) is 11.8. The van der Waals surface area contributed by atoms with Crippen LogP contribution in [0, 0.1) is 0 Å². The molecule has 6 nitrogen and oxygen atoms in total. The van der Waals surface area contributed by atoms with Crippen molar-refractivity contribution in [3.05, 3.63) is 48.5 Å². The molecule has 0 aliphatic heterocycles. The number of fused-ring (bicyclic) bond motifs is 1. The van der Waals surface area contributed by atoms with Crippen molar-refractivity contribution < 1.29 is 17.6 Å². The van der Waals surface area contributed by atoms with Crippen LogP contribution in [0.3, 0.4) is 0 Å². The number of nitrogens with zero attached hydrogens (tertiary/aromatic N) is 4. The number of anilines is 1. The summed E-state index contributed by atoms with van der Waals surface area (Å²) in [6.07, 6.45) is -1.59. The van der Waals surface area contributed by atoms with Gasteiger partial charge in [-0.3, -0.25) is 4.68 Å². The zero-order valence-electron chi connectivity index (χ0n) is 12.9. The van der Waals surface area contributed by atoms with Gasteiger partial charge in [0.05, 0.1) is 11.8 Å². The summed E-state index contributed by atoms with van der Waals surface area (Å²) in [7, 11) is 1.65. The van der Waals surface area contributed by atoms with Crippen molar-refractivity contribution in [2.75, 3.05) is 5.73 Å². The second-order valence-corrected chi connectivity index (χ2v) is 5.54.